The third-order valence-electron chi connectivity index (χ3n) is 4.01. The minimum Gasteiger partial charge on any atom is -0.381 e. The first-order valence-electron chi connectivity index (χ1n) is 7.29. The van der Waals surface area contributed by atoms with Crippen LogP contribution in [0.2, 0.25) is 0 Å². The molecule has 0 bridgehead atoms. The molecular formula is C15H26N2OS. The van der Waals surface area contributed by atoms with E-state index in [0.29, 0.717) is 12.0 Å². The normalized spacial score (nSPS) is 22.9. The minimum absolute atomic E-state index is 0.0620. The summed E-state index contributed by atoms with van der Waals surface area (Å²) in [5.74, 6) is 0.519. The first-order valence-corrected chi connectivity index (χ1v) is 8.11. The minimum atomic E-state index is -0.0620. The van der Waals surface area contributed by atoms with Crippen molar-refractivity contribution in [1.29, 1.82) is 0 Å². The van der Waals surface area contributed by atoms with Gasteiger partial charge in [-0.25, -0.2) is 4.98 Å². The second-order valence-electron chi connectivity index (χ2n) is 5.94. The lowest BCUT2D eigenvalue weighted by molar-refractivity contribution is 0.147. The molecule has 19 heavy (non-hydrogen) atoms. The predicted octanol–water partition coefficient (Wildman–Crippen LogP) is 3.26. The lowest BCUT2D eigenvalue weighted by Crippen LogP contribution is -2.49. The van der Waals surface area contributed by atoms with Gasteiger partial charge in [0.05, 0.1) is 17.8 Å². The van der Waals surface area contributed by atoms with E-state index in [1.807, 2.05) is 11.3 Å². The van der Waals surface area contributed by atoms with E-state index < -0.39 is 0 Å². The van der Waals surface area contributed by atoms with Crippen LogP contribution in [-0.2, 0) is 16.7 Å². The molecular weight excluding hydrogens is 256 g/mol. The molecule has 1 aromatic rings. The Morgan fingerprint density at radius 3 is 2.74 bits per heavy atom. The highest BCUT2D eigenvalue weighted by Gasteiger charge is 2.41. The molecule has 0 spiro atoms. The summed E-state index contributed by atoms with van der Waals surface area (Å²) in [5, 5.41) is 4.97. The largest absolute Gasteiger partial charge is 0.381 e. The van der Waals surface area contributed by atoms with Crippen molar-refractivity contribution in [2.45, 2.75) is 59.0 Å². The van der Waals surface area contributed by atoms with E-state index in [0.717, 1.165) is 26.1 Å². The fourth-order valence-corrected chi connectivity index (χ4v) is 4.11. The summed E-state index contributed by atoms with van der Waals surface area (Å²) in [7, 11) is 0. The number of hydrogen-bond donors (Lipinski definition) is 1. The van der Waals surface area contributed by atoms with Gasteiger partial charge < -0.3 is 10.1 Å². The van der Waals surface area contributed by atoms with Crippen molar-refractivity contribution >= 4 is 11.3 Å². The molecule has 3 nitrogen and oxygen atoms in total. The van der Waals surface area contributed by atoms with Gasteiger partial charge in [0, 0.05) is 23.4 Å². The summed E-state index contributed by atoms with van der Waals surface area (Å²) in [6, 6.07) is 0.444. The molecule has 1 saturated heterocycles. The van der Waals surface area contributed by atoms with Crippen molar-refractivity contribution < 1.29 is 4.74 Å². The molecule has 2 rings (SSSR count). The van der Waals surface area contributed by atoms with Crippen LogP contribution in [0.4, 0.5) is 0 Å². The van der Waals surface area contributed by atoms with Gasteiger partial charge in [-0.1, -0.05) is 6.92 Å². The molecule has 0 saturated carbocycles. The second-order valence-corrected chi connectivity index (χ2v) is 7.14. The average molecular weight is 282 g/mol. The van der Waals surface area contributed by atoms with Gasteiger partial charge in [0.15, 0.2) is 0 Å². The second kappa shape index (κ2) is 5.90. The molecule has 0 radical (unpaired) electrons. The first-order chi connectivity index (χ1) is 8.97. The Bertz CT molecular complexity index is 424. The molecule has 2 atom stereocenters. The maximum Gasteiger partial charge on any atom is 0.113 e. The summed E-state index contributed by atoms with van der Waals surface area (Å²) in [6.07, 6.45) is 2.14. The third-order valence-corrected chi connectivity index (χ3v) is 5.26. The Hall–Kier alpha value is -0.450. The Morgan fingerprint density at radius 2 is 2.26 bits per heavy atom. The Balaban J connectivity index is 2.34. The van der Waals surface area contributed by atoms with E-state index in [1.54, 1.807) is 0 Å². The Morgan fingerprint density at radius 1 is 1.53 bits per heavy atom. The van der Waals surface area contributed by atoms with E-state index in [-0.39, 0.29) is 5.54 Å². The Kier molecular flexibility index (Phi) is 4.64. The number of rotatable bonds is 5. The van der Waals surface area contributed by atoms with Crippen molar-refractivity contribution in [3.05, 3.63) is 15.6 Å². The molecule has 1 N–H and O–H groups in total. The molecule has 1 aromatic heterocycles. The van der Waals surface area contributed by atoms with Crippen LogP contribution >= 0.6 is 11.3 Å². The number of aromatic nitrogens is 1. The van der Waals surface area contributed by atoms with Crippen LogP contribution in [0.3, 0.4) is 0 Å². The Labute approximate surface area is 120 Å². The van der Waals surface area contributed by atoms with Crippen molar-refractivity contribution in [3.63, 3.8) is 0 Å². The first kappa shape index (κ1) is 14.9. The molecule has 4 heteroatoms. The topological polar surface area (TPSA) is 34.2 Å². The zero-order valence-electron chi connectivity index (χ0n) is 12.7. The standard InChI is InChI=1S/C15H26N2OS/c1-6-13-11(4)19-14(16-13)15(5,17-10(2)3)12-7-8-18-9-12/h10,12,17H,6-9H2,1-5H3. The van der Waals surface area contributed by atoms with Crippen LogP contribution in [-0.4, -0.2) is 24.2 Å². The molecule has 0 amide bonds. The third kappa shape index (κ3) is 3.01. The van der Waals surface area contributed by atoms with Gasteiger partial charge in [0.2, 0.25) is 0 Å². The average Bonchev–Trinajstić information content (AvgIpc) is 2.96. The van der Waals surface area contributed by atoms with Gasteiger partial charge >= 0.3 is 0 Å². The SMILES string of the molecule is CCc1nc(C(C)(NC(C)C)C2CCOC2)sc1C. The zero-order valence-corrected chi connectivity index (χ0v) is 13.6. The number of hydrogen-bond acceptors (Lipinski definition) is 4. The van der Waals surface area contributed by atoms with Gasteiger partial charge in [-0.05, 0) is 40.5 Å². The maximum atomic E-state index is 5.61. The lowest BCUT2D eigenvalue weighted by atomic mass is 9.84. The van der Waals surface area contributed by atoms with Crippen LogP contribution in [0, 0.1) is 12.8 Å². The van der Waals surface area contributed by atoms with E-state index in [9.17, 15) is 0 Å². The highest BCUT2D eigenvalue weighted by atomic mass is 32.1. The zero-order chi connectivity index (χ0) is 14.0. The number of nitrogens with one attached hydrogen (secondary N) is 1. The van der Waals surface area contributed by atoms with Gasteiger partial charge in [-0.15, -0.1) is 11.3 Å². The van der Waals surface area contributed by atoms with E-state index in [2.05, 4.69) is 39.9 Å². The number of nitrogens with zero attached hydrogens (tertiary/aromatic N) is 1. The summed E-state index contributed by atoms with van der Waals surface area (Å²) in [5.41, 5.74) is 1.18. The van der Waals surface area contributed by atoms with Crippen molar-refractivity contribution in [3.8, 4) is 0 Å². The lowest BCUT2D eigenvalue weighted by Gasteiger charge is -2.36. The van der Waals surface area contributed by atoms with Gasteiger partial charge in [0.25, 0.3) is 0 Å². The highest BCUT2D eigenvalue weighted by Crippen LogP contribution is 2.38. The number of aryl methyl sites for hydroxylation is 2. The van der Waals surface area contributed by atoms with E-state index in [1.165, 1.54) is 15.6 Å². The van der Waals surface area contributed by atoms with E-state index >= 15 is 0 Å². The molecule has 2 heterocycles. The summed E-state index contributed by atoms with van der Waals surface area (Å²) >= 11 is 1.85. The van der Waals surface area contributed by atoms with E-state index in [4.69, 9.17) is 9.72 Å². The summed E-state index contributed by atoms with van der Waals surface area (Å²) in [4.78, 5) is 6.25. The van der Waals surface area contributed by atoms with Crippen LogP contribution in [0.25, 0.3) is 0 Å². The number of thiazole rings is 1. The smallest absolute Gasteiger partial charge is 0.113 e. The fourth-order valence-electron chi connectivity index (χ4n) is 2.92. The van der Waals surface area contributed by atoms with Gasteiger partial charge in [-0.2, -0.15) is 0 Å². The van der Waals surface area contributed by atoms with Crippen LogP contribution < -0.4 is 5.32 Å². The van der Waals surface area contributed by atoms with Crippen LogP contribution in [0.5, 0.6) is 0 Å². The number of ether oxygens (including phenoxy) is 1. The molecule has 2 unspecified atom stereocenters. The van der Waals surface area contributed by atoms with Crippen molar-refractivity contribution in [2.75, 3.05) is 13.2 Å². The van der Waals surface area contributed by atoms with Crippen molar-refractivity contribution in [2.24, 2.45) is 5.92 Å². The molecule has 0 aliphatic carbocycles. The highest BCUT2D eigenvalue weighted by molar-refractivity contribution is 7.11. The molecule has 1 aliphatic rings. The fraction of sp³-hybridized carbons (Fsp3) is 0.800. The van der Waals surface area contributed by atoms with Crippen molar-refractivity contribution in [1.82, 2.24) is 10.3 Å². The predicted molar refractivity (Wildman–Crippen MR) is 80.8 cm³/mol. The maximum absolute atomic E-state index is 5.61. The molecule has 1 aliphatic heterocycles. The molecule has 1 fully saturated rings. The summed E-state index contributed by atoms with van der Waals surface area (Å²) < 4.78 is 5.61. The molecule has 108 valence electrons. The van der Waals surface area contributed by atoms with Gasteiger partial charge in [-0.3, -0.25) is 0 Å². The van der Waals surface area contributed by atoms with Gasteiger partial charge in [0.1, 0.15) is 5.01 Å². The monoisotopic (exact) mass is 282 g/mol. The quantitative estimate of drug-likeness (QED) is 0.900. The molecule has 0 aromatic carbocycles. The van der Waals surface area contributed by atoms with Crippen LogP contribution in [0.1, 0.15) is 49.7 Å². The summed E-state index contributed by atoms with van der Waals surface area (Å²) in [6.45, 7) is 12.8. The van der Waals surface area contributed by atoms with Crippen LogP contribution in [0.15, 0.2) is 0 Å².